The zero-order chi connectivity index (χ0) is 16.5. The number of piperazine rings is 1. The second-order valence-electron chi connectivity index (χ2n) is 5.67. The van der Waals surface area contributed by atoms with Gasteiger partial charge in [-0.15, -0.1) is 5.10 Å². The fourth-order valence-corrected chi connectivity index (χ4v) is 3.08. The third-order valence-electron chi connectivity index (χ3n) is 4.24. The topological polar surface area (TPSA) is 45.2 Å². The molecule has 0 amide bonds. The van der Waals surface area contributed by atoms with Gasteiger partial charge in [-0.1, -0.05) is 0 Å². The lowest BCUT2D eigenvalue weighted by atomic mass is 10.1. The minimum atomic E-state index is -0.634. The summed E-state index contributed by atoms with van der Waals surface area (Å²) in [5.41, 5.74) is 1.00. The van der Waals surface area contributed by atoms with Crippen LogP contribution in [0.4, 0.5) is 20.3 Å². The van der Waals surface area contributed by atoms with Crippen molar-refractivity contribution in [3.8, 4) is 0 Å². The zero-order valence-electron chi connectivity index (χ0n) is 12.9. The van der Waals surface area contributed by atoms with Crippen LogP contribution >= 0.6 is 0 Å². The van der Waals surface area contributed by atoms with Crippen LogP contribution in [-0.2, 0) is 0 Å². The molecule has 3 aromatic rings. The van der Waals surface area contributed by atoms with Crippen LogP contribution in [0.2, 0.25) is 0 Å². The smallest absolute Gasteiger partial charge is 0.152 e. The highest BCUT2D eigenvalue weighted by molar-refractivity contribution is 5.92. The molecular formula is C17H15F2N5. The van der Waals surface area contributed by atoms with Crippen molar-refractivity contribution in [3.63, 3.8) is 0 Å². The van der Waals surface area contributed by atoms with Gasteiger partial charge >= 0.3 is 0 Å². The number of fused-ring (bicyclic) bond motifs is 1. The third kappa shape index (κ3) is 2.62. The summed E-state index contributed by atoms with van der Waals surface area (Å²) >= 11 is 0. The minimum Gasteiger partial charge on any atom is -0.367 e. The van der Waals surface area contributed by atoms with Gasteiger partial charge in [0.05, 0.1) is 0 Å². The van der Waals surface area contributed by atoms with E-state index in [1.165, 1.54) is 6.07 Å². The number of anilines is 2. The molecule has 1 aliphatic heterocycles. The molecule has 0 spiro atoms. The molecule has 1 saturated heterocycles. The fraction of sp³-hybridized carbons (Fsp3) is 0.235. The molecule has 2 aromatic heterocycles. The van der Waals surface area contributed by atoms with E-state index in [0.717, 1.165) is 43.8 Å². The first-order valence-electron chi connectivity index (χ1n) is 7.74. The van der Waals surface area contributed by atoms with E-state index in [1.807, 2.05) is 12.1 Å². The van der Waals surface area contributed by atoms with Gasteiger partial charge in [-0.05, 0) is 24.3 Å². The van der Waals surface area contributed by atoms with E-state index < -0.39 is 11.6 Å². The second-order valence-corrected chi connectivity index (χ2v) is 5.67. The highest BCUT2D eigenvalue weighted by Crippen LogP contribution is 2.29. The first kappa shape index (κ1) is 14.7. The average molecular weight is 327 g/mol. The summed E-state index contributed by atoms with van der Waals surface area (Å²) in [6.07, 6.45) is 3.21. The molecule has 7 heteroatoms. The van der Waals surface area contributed by atoms with Gasteiger partial charge in [-0.2, -0.15) is 5.10 Å². The molecule has 0 aliphatic carbocycles. The zero-order valence-corrected chi connectivity index (χ0v) is 12.9. The number of halogens is 2. The molecular weight excluding hydrogens is 312 g/mol. The molecule has 0 unspecified atom stereocenters. The molecule has 0 atom stereocenters. The van der Waals surface area contributed by atoms with Gasteiger partial charge < -0.3 is 9.80 Å². The van der Waals surface area contributed by atoms with E-state index in [4.69, 9.17) is 0 Å². The minimum absolute atomic E-state index is 0.199. The van der Waals surface area contributed by atoms with E-state index in [-0.39, 0.29) is 5.52 Å². The molecule has 0 bridgehead atoms. The van der Waals surface area contributed by atoms with Crippen molar-refractivity contribution in [2.24, 2.45) is 0 Å². The summed E-state index contributed by atoms with van der Waals surface area (Å²) in [5.74, 6) is -0.383. The molecule has 24 heavy (non-hydrogen) atoms. The largest absolute Gasteiger partial charge is 0.367 e. The average Bonchev–Trinajstić information content (AvgIpc) is 2.62. The first-order chi connectivity index (χ1) is 11.7. The standard InChI is InChI=1S/C17H15F2N5/c18-12-10-13-15(3-5-20-17(13)14(19)11-12)23-6-8-24(9-7-23)16-2-1-4-21-22-16/h1-5,10-11H,6-9H2. The van der Waals surface area contributed by atoms with E-state index in [1.54, 1.807) is 18.5 Å². The van der Waals surface area contributed by atoms with Crippen molar-refractivity contribution in [2.75, 3.05) is 36.0 Å². The lowest BCUT2D eigenvalue weighted by molar-refractivity contribution is 0.590. The van der Waals surface area contributed by atoms with Gasteiger partial charge in [0, 0.05) is 55.7 Å². The van der Waals surface area contributed by atoms with Crippen LogP contribution in [0.1, 0.15) is 0 Å². The van der Waals surface area contributed by atoms with Crippen LogP contribution in [0.15, 0.2) is 42.7 Å². The highest BCUT2D eigenvalue weighted by Gasteiger charge is 2.21. The molecule has 4 rings (SSSR count). The Hall–Kier alpha value is -2.83. The predicted octanol–water partition coefficient (Wildman–Crippen LogP) is 2.63. The number of hydrogen-bond donors (Lipinski definition) is 0. The first-order valence-corrected chi connectivity index (χ1v) is 7.74. The van der Waals surface area contributed by atoms with Gasteiger partial charge in [-0.25, -0.2) is 8.78 Å². The second kappa shape index (κ2) is 5.99. The Morgan fingerprint density at radius 1 is 0.917 bits per heavy atom. The van der Waals surface area contributed by atoms with Crippen LogP contribution in [-0.4, -0.2) is 41.4 Å². The molecule has 5 nitrogen and oxygen atoms in total. The Bertz CT molecular complexity index is 863. The summed E-state index contributed by atoms with van der Waals surface area (Å²) in [7, 11) is 0. The van der Waals surface area contributed by atoms with Gasteiger partial charge in [-0.3, -0.25) is 4.98 Å². The Labute approximate surface area is 137 Å². The molecule has 122 valence electrons. The molecule has 0 saturated carbocycles. The normalized spacial score (nSPS) is 15.1. The van der Waals surface area contributed by atoms with Crippen molar-refractivity contribution in [2.45, 2.75) is 0 Å². The van der Waals surface area contributed by atoms with Crippen molar-refractivity contribution in [3.05, 3.63) is 54.4 Å². The Morgan fingerprint density at radius 2 is 1.71 bits per heavy atom. The molecule has 3 heterocycles. The molecule has 0 radical (unpaired) electrons. The maximum Gasteiger partial charge on any atom is 0.152 e. The van der Waals surface area contributed by atoms with Crippen LogP contribution in [0.25, 0.3) is 10.9 Å². The van der Waals surface area contributed by atoms with Crippen LogP contribution in [0.3, 0.4) is 0 Å². The summed E-state index contributed by atoms with van der Waals surface area (Å²) < 4.78 is 27.6. The number of benzene rings is 1. The van der Waals surface area contributed by atoms with E-state index in [9.17, 15) is 8.78 Å². The summed E-state index contributed by atoms with van der Waals surface area (Å²) in [6.45, 7) is 2.99. The number of aromatic nitrogens is 3. The van der Waals surface area contributed by atoms with E-state index >= 15 is 0 Å². The monoisotopic (exact) mass is 327 g/mol. The van der Waals surface area contributed by atoms with Gasteiger partial charge in [0.2, 0.25) is 0 Å². The quantitative estimate of drug-likeness (QED) is 0.724. The van der Waals surface area contributed by atoms with Crippen molar-refractivity contribution in [1.29, 1.82) is 0 Å². The molecule has 1 aromatic carbocycles. The van der Waals surface area contributed by atoms with Crippen LogP contribution < -0.4 is 9.80 Å². The Balaban J connectivity index is 1.61. The molecule has 0 N–H and O–H groups in total. The van der Waals surface area contributed by atoms with Crippen LogP contribution in [0, 0.1) is 11.6 Å². The maximum atomic E-state index is 13.9. The molecule has 1 aliphatic rings. The number of rotatable bonds is 2. The number of hydrogen-bond acceptors (Lipinski definition) is 5. The maximum absolute atomic E-state index is 13.9. The van der Waals surface area contributed by atoms with Gasteiger partial charge in [0.15, 0.2) is 11.6 Å². The third-order valence-corrected chi connectivity index (χ3v) is 4.24. The van der Waals surface area contributed by atoms with Crippen molar-refractivity contribution >= 4 is 22.4 Å². The van der Waals surface area contributed by atoms with E-state index in [0.29, 0.717) is 5.39 Å². The Morgan fingerprint density at radius 3 is 2.46 bits per heavy atom. The van der Waals surface area contributed by atoms with Crippen molar-refractivity contribution in [1.82, 2.24) is 15.2 Å². The number of pyridine rings is 1. The highest BCUT2D eigenvalue weighted by atomic mass is 19.1. The SMILES string of the molecule is Fc1cc(F)c2nccc(N3CCN(c4cccnn4)CC3)c2c1. The lowest BCUT2D eigenvalue weighted by Gasteiger charge is -2.36. The van der Waals surface area contributed by atoms with Crippen molar-refractivity contribution < 1.29 is 8.78 Å². The lowest BCUT2D eigenvalue weighted by Crippen LogP contribution is -2.47. The van der Waals surface area contributed by atoms with Gasteiger partial charge in [0.25, 0.3) is 0 Å². The molecule has 1 fully saturated rings. The fourth-order valence-electron chi connectivity index (χ4n) is 3.08. The van der Waals surface area contributed by atoms with Gasteiger partial charge in [0.1, 0.15) is 11.3 Å². The number of nitrogens with zero attached hydrogens (tertiary/aromatic N) is 5. The summed E-state index contributed by atoms with van der Waals surface area (Å²) in [4.78, 5) is 8.31. The summed E-state index contributed by atoms with van der Waals surface area (Å²) in [6, 6.07) is 7.80. The van der Waals surface area contributed by atoms with Crippen LogP contribution in [0.5, 0.6) is 0 Å². The van der Waals surface area contributed by atoms with E-state index in [2.05, 4.69) is 25.0 Å². The predicted molar refractivity (Wildman–Crippen MR) is 88.1 cm³/mol. The Kier molecular flexibility index (Phi) is 3.68. The summed E-state index contributed by atoms with van der Waals surface area (Å²) in [5, 5.41) is 8.52.